The molecule has 0 amide bonds. The molecule has 1 fully saturated rings. The standard InChI is InChI=1S/C25H48OSi2/c1-8-20-18-22(19-21-16-15-17-23(26)24(20)21)25(27(9-2,10-3)11-4)28(12-5,13-6)14-7/h18,20-21,24-25H,8-17,19H2,1-7H3/t20-,21-,24+/m0/s1. The molecule has 0 N–H and O–H groups in total. The van der Waals surface area contributed by atoms with E-state index in [1.165, 1.54) is 49.1 Å². The van der Waals surface area contributed by atoms with Gasteiger partial charge >= 0.3 is 0 Å². The van der Waals surface area contributed by atoms with Crippen molar-refractivity contribution in [1.82, 2.24) is 0 Å². The molecule has 162 valence electrons. The summed E-state index contributed by atoms with van der Waals surface area (Å²) in [6.07, 6.45) is 8.42. The number of carbonyl (C=O) groups is 1. The van der Waals surface area contributed by atoms with Gasteiger partial charge in [-0.05, 0) is 42.7 Å². The fraction of sp³-hybridized carbons (Fsp3) is 0.880. The molecule has 0 aromatic carbocycles. The summed E-state index contributed by atoms with van der Waals surface area (Å²) in [6, 6.07) is 8.67. The molecule has 0 unspecified atom stereocenters. The molecular weight excluding hydrogens is 372 g/mol. The lowest BCUT2D eigenvalue weighted by Crippen LogP contribution is -2.54. The van der Waals surface area contributed by atoms with Gasteiger partial charge in [-0.1, -0.05) is 96.4 Å². The summed E-state index contributed by atoms with van der Waals surface area (Å²) in [5, 5.41) is 0.951. The van der Waals surface area contributed by atoms with Gasteiger partial charge in [-0.15, -0.1) is 0 Å². The Labute approximate surface area is 178 Å². The SMILES string of the molecule is CC[C@H]1C=C(C([Si](CC)(CC)CC)[Si](CC)(CC)CC)C[C@@H]2CCCC(=O)[C@@H]21. The number of Topliss-reactive ketones (excluding diaryl/α,β-unsaturated/α-hetero) is 1. The Morgan fingerprint density at radius 2 is 1.39 bits per heavy atom. The smallest absolute Gasteiger partial charge is 0.136 e. The molecule has 0 aromatic rings. The normalized spacial score (nSPS) is 26.4. The van der Waals surface area contributed by atoms with Gasteiger partial charge in [-0.3, -0.25) is 4.79 Å². The zero-order valence-corrected chi connectivity index (χ0v) is 22.1. The average Bonchev–Trinajstić information content (AvgIpc) is 2.74. The minimum atomic E-state index is -1.34. The van der Waals surface area contributed by atoms with Crippen LogP contribution in [0.5, 0.6) is 0 Å². The molecule has 0 aromatic heterocycles. The van der Waals surface area contributed by atoms with Gasteiger partial charge < -0.3 is 0 Å². The van der Waals surface area contributed by atoms with Crippen LogP contribution < -0.4 is 0 Å². The first kappa shape index (κ1) is 24.1. The van der Waals surface area contributed by atoms with Gasteiger partial charge in [0.1, 0.15) is 5.78 Å². The summed E-state index contributed by atoms with van der Waals surface area (Å²) >= 11 is 0. The molecule has 1 saturated carbocycles. The molecule has 0 spiro atoms. The molecule has 0 heterocycles. The lowest BCUT2D eigenvalue weighted by atomic mass is 9.65. The van der Waals surface area contributed by atoms with Crippen molar-refractivity contribution in [3.8, 4) is 0 Å². The minimum Gasteiger partial charge on any atom is -0.299 e. The second kappa shape index (κ2) is 10.2. The second-order valence-corrected chi connectivity index (χ2v) is 21.4. The van der Waals surface area contributed by atoms with Crippen molar-refractivity contribution in [2.75, 3.05) is 0 Å². The predicted molar refractivity (Wildman–Crippen MR) is 130 cm³/mol. The van der Waals surface area contributed by atoms with E-state index in [9.17, 15) is 4.79 Å². The predicted octanol–water partition coefficient (Wildman–Crippen LogP) is 8.25. The highest BCUT2D eigenvalue weighted by Gasteiger charge is 2.52. The van der Waals surface area contributed by atoms with Crippen LogP contribution in [-0.2, 0) is 4.79 Å². The molecule has 2 rings (SSSR count). The fourth-order valence-corrected chi connectivity index (χ4v) is 23.8. The van der Waals surface area contributed by atoms with E-state index in [0.717, 1.165) is 24.4 Å². The third-order valence-corrected chi connectivity index (χ3v) is 24.9. The molecule has 28 heavy (non-hydrogen) atoms. The van der Waals surface area contributed by atoms with Gasteiger partial charge in [-0.2, -0.15) is 0 Å². The van der Waals surface area contributed by atoms with Crippen LogP contribution in [0.3, 0.4) is 0 Å². The summed E-state index contributed by atoms with van der Waals surface area (Å²) in [5.41, 5.74) is 1.87. The summed E-state index contributed by atoms with van der Waals surface area (Å²) < 4.78 is 0. The third-order valence-electron chi connectivity index (χ3n) is 9.56. The Hall–Kier alpha value is -0.156. The lowest BCUT2D eigenvalue weighted by molar-refractivity contribution is -0.128. The zero-order valence-electron chi connectivity index (χ0n) is 20.1. The summed E-state index contributed by atoms with van der Waals surface area (Å²) in [5.74, 6) is 2.12. The van der Waals surface area contributed by atoms with Crippen LogP contribution in [0.25, 0.3) is 0 Å². The van der Waals surface area contributed by atoms with E-state index < -0.39 is 16.1 Å². The highest BCUT2D eigenvalue weighted by molar-refractivity contribution is 7.00. The van der Waals surface area contributed by atoms with Crippen LogP contribution in [-0.4, -0.2) is 21.9 Å². The quantitative estimate of drug-likeness (QED) is 0.257. The first-order valence-electron chi connectivity index (χ1n) is 12.7. The van der Waals surface area contributed by atoms with Gasteiger partial charge in [-0.25, -0.2) is 0 Å². The molecule has 1 nitrogen and oxygen atoms in total. The molecule has 0 aliphatic heterocycles. The Balaban J connectivity index is 2.61. The van der Waals surface area contributed by atoms with E-state index in [1.807, 2.05) is 5.57 Å². The number of hydrogen-bond donors (Lipinski definition) is 0. The molecule has 2 aliphatic rings. The van der Waals surface area contributed by atoms with E-state index in [-0.39, 0.29) is 0 Å². The third kappa shape index (κ3) is 4.17. The molecule has 0 saturated heterocycles. The number of allylic oxidation sites excluding steroid dienone is 2. The molecule has 0 radical (unpaired) electrons. The van der Waals surface area contributed by atoms with Crippen molar-refractivity contribution >= 4 is 21.9 Å². The van der Waals surface area contributed by atoms with Crippen molar-refractivity contribution in [3.05, 3.63) is 11.6 Å². The van der Waals surface area contributed by atoms with Gasteiger partial charge in [0, 0.05) is 12.3 Å². The number of ketones is 1. The fourth-order valence-electron chi connectivity index (χ4n) is 7.46. The van der Waals surface area contributed by atoms with E-state index in [4.69, 9.17) is 0 Å². The summed E-state index contributed by atoms with van der Waals surface area (Å²) in [7, 11) is -2.68. The van der Waals surface area contributed by atoms with Crippen LogP contribution in [0.4, 0.5) is 0 Å². The van der Waals surface area contributed by atoms with Crippen molar-refractivity contribution in [2.45, 2.75) is 122 Å². The molecule has 3 heteroatoms. The second-order valence-electron chi connectivity index (χ2n) is 9.94. The molecule has 3 atom stereocenters. The van der Waals surface area contributed by atoms with Crippen molar-refractivity contribution in [1.29, 1.82) is 0 Å². The van der Waals surface area contributed by atoms with Gasteiger partial charge in [0.25, 0.3) is 0 Å². The maximum Gasteiger partial charge on any atom is 0.136 e. The zero-order chi connectivity index (χ0) is 20.9. The van der Waals surface area contributed by atoms with E-state index in [2.05, 4.69) is 54.5 Å². The summed E-state index contributed by atoms with van der Waals surface area (Å²) in [6.45, 7) is 17.4. The van der Waals surface area contributed by atoms with Crippen LogP contribution in [0.15, 0.2) is 11.6 Å². The molecule has 2 aliphatic carbocycles. The van der Waals surface area contributed by atoms with Crippen LogP contribution in [0, 0.1) is 17.8 Å². The molecule has 0 bridgehead atoms. The van der Waals surface area contributed by atoms with Crippen molar-refractivity contribution < 1.29 is 4.79 Å². The summed E-state index contributed by atoms with van der Waals surface area (Å²) in [4.78, 5) is 12.8. The number of hydrogen-bond acceptors (Lipinski definition) is 1. The van der Waals surface area contributed by atoms with E-state index in [1.54, 1.807) is 0 Å². The maximum absolute atomic E-state index is 12.8. The first-order chi connectivity index (χ1) is 13.4. The Morgan fingerprint density at radius 1 is 0.893 bits per heavy atom. The van der Waals surface area contributed by atoms with E-state index in [0.29, 0.717) is 23.5 Å². The Bertz CT molecular complexity index is 508. The van der Waals surface area contributed by atoms with Gasteiger partial charge in [0.2, 0.25) is 0 Å². The molecular formula is C25H48OSi2. The largest absolute Gasteiger partial charge is 0.299 e. The van der Waals surface area contributed by atoms with Crippen LogP contribution in [0.1, 0.15) is 80.6 Å². The maximum atomic E-state index is 12.8. The minimum absolute atomic E-state index is 0.352. The first-order valence-corrected chi connectivity index (χ1v) is 18.0. The monoisotopic (exact) mass is 420 g/mol. The number of fused-ring (bicyclic) bond motifs is 1. The van der Waals surface area contributed by atoms with Crippen molar-refractivity contribution in [3.63, 3.8) is 0 Å². The Kier molecular flexibility index (Phi) is 8.82. The highest BCUT2D eigenvalue weighted by atomic mass is 28.4. The highest BCUT2D eigenvalue weighted by Crippen LogP contribution is 2.54. The van der Waals surface area contributed by atoms with E-state index >= 15 is 0 Å². The number of rotatable bonds is 10. The van der Waals surface area contributed by atoms with Gasteiger partial charge in [0.15, 0.2) is 0 Å². The number of carbonyl (C=O) groups excluding carboxylic acids is 1. The van der Waals surface area contributed by atoms with Crippen LogP contribution >= 0.6 is 0 Å². The Morgan fingerprint density at radius 3 is 1.82 bits per heavy atom. The van der Waals surface area contributed by atoms with Crippen molar-refractivity contribution in [2.24, 2.45) is 17.8 Å². The topological polar surface area (TPSA) is 17.1 Å². The lowest BCUT2D eigenvalue weighted by Gasteiger charge is -2.52. The van der Waals surface area contributed by atoms with Gasteiger partial charge in [0.05, 0.1) is 16.1 Å². The van der Waals surface area contributed by atoms with Crippen LogP contribution in [0.2, 0.25) is 41.4 Å². The average molecular weight is 421 g/mol.